The molecule has 1 fully saturated rings. The summed E-state index contributed by atoms with van der Waals surface area (Å²) in [5, 5.41) is 0. The highest BCUT2D eigenvalue weighted by Crippen LogP contribution is 2.37. The lowest BCUT2D eigenvalue weighted by atomic mass is 9.90. The van der Waals surface area contributed by atoms with Gasteiger partial charge in [0.05, 0.1) is 19.3 Å². The number of nitrogens with zero attached hydrogens (tertiary/aromatic N) is 2. The Morgan fingerprint density at radius 1 is 1.12 bits per heavy atom. The lowest BCUT2D eigenvalue weighted by Crippen LogP contribution is -2.49. The zero-order valence-electron chi connectivity index (χ0n) is 20.4. The molecular formula is C28H40N4O. The number of H-pyrrole nitrogens is 1. The Bertz CT molecular complexity index is 922. The Balaban J connectivity index is 1.34. The second-order valence-corrected chi connectivity index (χ2v) is 9.66. The van der Waals surface area contributed by atoms with Crippen molar-refractivity contribution in [3.63, 3.8) is 0 Å². The van der Waals surface area contributed by atoms with Crippen LogP contribution in [0.2, 0.25) is 0 Å². The first-order valence-electron chi connectivity index (χ1n) is 12.6. The van der Waals surface area contributed by atoms with Crippen molar-refractivity contribution >= 4 is 0 Å². The summed E-state index contributed by atoms with van der Waals surface area (Å²) in [6.07, 6.45) is 7.49. The van der Waals surface area contributed by atoms with E-state index in [1.165, 1.54) is 62.9 Å². The third kappa shape index (κ3) is 6.28. The van der Waals surface area contributed by atoms with Gasteiger partial charge in [-0.1, -0.05) is 42.7 Å². The van der Waals surface area contributed by atoms with Crippen LogP contribution in [0.3, 0.4) is 0 Å². The van der Waals surface area contributed by atoms with Gasteiger partial charge in [0.2, 0.25) is 0 Å². The van der Waals surface area contributed by atoms with Crippen LogP contribution in [0.1, 0.15) is 73.1 Å². The second-order valence-electron chi connectivity index (χ2n) is 9.66. The average Bonchev–Trinajstić information content (AvgIpc) is 3.23. The molecule has 0 radical (unpaired) electrons. The number of unbranched alkanes of at least 4 members (excludes halogenated alkanes) is 2. The first kappa shape index (κ1) is 24.0. The van der Waals surface area contributed by atoms with Crippen molar-refractivity contribution in [2.45, 2.75) is 70.2 Å². The first-order valence-corrected chi connectivity index (χ1v) is 12.6. The smallest absolute Gasteiger partial charge is 0.112 e. The summed E-state index contributed by atoms with van der Waals surface area (Å²) in [5.41, 5.74) is 11.4. The van der Waals surface area contributed by atoms with Gasteiger partial charge in [-0.3, -0.25) is 4.90 Å². The van der Waals surface area contributed by atoms with Gasteiger partial charge >= 0.3 is 0 Å². The molecule has 2 aromatic rings. The maximum absolute atomic E-state index is 6.71. The van der Waals surface area contributed by atoms with Gasteiger partial charge in [0, 0.05) is 23.9 Å². The zero-order chi connectivity index (χ0) is 23.0. The highest BCUT2D eigenvalue weighted by atomic mass is 16.5. The summed E-state index contributed by atoms with van der Waals surface area (Å²) >= 11 is 0. The van der Waals surface area contributed by atoms with Crippen LogP contribution in [0, 0.1) is 18.8 Å². The standard InChI is InChI=1S/C28H40N4O/c1-22-19-24-27(29)26(21-33-20-23-13-7-5-8-14-23)31(2)25(28(24)30-22)15-9-3-4-10-16-32-17-11-6-12-18-32/h5,7-8,13-14,19,25-27,30H,3-4,6,10-12,16-18,20-21,29H2,1-2H3. The second kappa shape index (κ2) is 11.9. The van der Waals surface area contributed by atoms with E-state index < -0.39 is 0 Å². The number of hydrogen-bond donors (Lipinski definition) is 2. The predicted octanol–water partition coefficient (Wildman–Crippen LogP) is 4.55. The maximum atomic E-state index is 6.71. The lowest BCUT2D eigenvalue weighted by molar-refractivity contribution is 0.0336. The van der Waals surface area contributed by atoms with Crippen molar-refractivity contribution in [3.05, 3.63) is 58.9 Å². The molecule has 3 atom stereocenters. The molecule has 0 saturated carbocycles. The quantitative estimate of drug-likeness (QED) is 0.459. The van der Waals surface area contributed by atoms with Crippen LogP contribution in [0.4, 0.5) is 0 Å². The monoisotopic (exact) mass is 448 g/mol. The molecule has 178 valence electrons. The third-order valence-electron chi connectivity index (χ3n) is 7.11. The van der Waals surface area contributed by atoms with Crippen molar-refractivity contribution in [3.8, 4) is 11.8 Å². The summed E-state index contributed by atoms with van der Waals surface area (Å²) < 4.78 is 6.10. The molecule has 5 heteroatoms. The number of fused-ring (bicyclic) bond motifs is 1. The minimum absolute atomic E-state index is 0.0286. The number of aromatic nitrogens is 1. The fraction of sp³-hybridized carbons (Fsp3) is 0.571. The molecule has 4 rings (SSSR count). The fourth-order valence-corrected chi connectivity index (χ4v) is 5.16. The summed E-state index contributed by atoms with van der Waals surface area (Å²) in [6.45, 7) is 7.06. The van der Waals surface area contributed by atoms with Crippen LogP contribution in [0.5, 0.6) is 0 Å². The van der Waals surface area contributed by atoms with Crippen LogP contribution in [-0.4, -0.2) is 54.1 Å². The van der Waals surface area contributed by atoms with E-state index in [-0.39, 0.29) is 18.1 Å². The molecule has 0 bridgehead atoms. The molecule has 1 aromatic carbocycles. The largest absolute Gasteiger partial charge is 0.375 e. The molecule has 3 unspecified atom stereocenters. The van der Waals surface area contributed by atoms with Crippen molar-refractivity contribution in [1.82, 2.24) is 14.8 Å². The number of likely N-dealkylation sites (N-methyl/N-ethyl adjacent to an activating group) is 1. The topological polar surface area (TPSA) is 57.5 Å². The molecule has 1 saturated heterocycles. The van der Waals surface area contributed by atoms with E-state index in [9.17, 15) is 0 Å². The first-order chi connectivity index (χ1) is 16.1. The van der Waals surface area contributed by atoms with E-state index in [0.717, 1.165) is 17.8 Å². The highest BCUT2D eigenvalue weighted by molar-refractivity contribution is 5.39. The Labute approximate surface area is 199 Å². The Morgan fingerprint density at radius 3 is 2.70 bits per heavy atom. The number of aromatic amines is 1. The van der Waals surface area contributed by atoms with Gasteiger partial charge in [0.15, 0.2) is 0 Å². The number of rotatable bonds is 8. The average molecular weight is 449 g/mol. The van der Waals surface area contributed by atoms with E-state index in [0.29, 0.717) is 13.2 Å². The zero-order valence-corrected chi connectivity index (χ0v) is 20.4. The van der Waals surface area contributed by atoms with Gasteiger partial charge in [-0.2, -0.15) is 0 Å². The Hall–Kier alpha value is -2.10. The minimum Gasteiger partial charge on any atom is -0.375 e. The van der Waals surface area contributed by atoms with E-state index in [1.54, 1.807) is 0 Å². The molecule has 2 aliphatic rings. The Morgan fingerprint density at radius 2 is 1.91 bits per heavy atom. The molecule has 3 heterocycles. The SMILES string of the molecule is Cc1cc2c([nH]1)C(C#CCCCCN1CCCCC1)N(C)C(COCc1ccccc1)C2N. The molecule has 33 heavy (non-hydrogen) atoms. The van der Waals surface area contributed by atoms with Crippen LogP contribution in [0.25, 0.3) is 0 Å². The Kier molecular flexibility index (Phi) is 8.63. The van der Waals surface area contributed by atoms with Gasteiger partial charge in [-0.05, 0) is 76.5 Å². The van der Waals surface area contributed by atoms with E-state index in [1.807, 2.05) is 18.2 Å². The van der Waals surface area contributed by atoms with Gasteiger partial charge in [0.25, 0.3) is 0 Å². The molecule has 3 N–H and O–H groups in total. The van der Waals surface area contributed by atoms with E-state index in [2.05, 4.69) is 58.8 Å². The third-order valence-corrected chi connectivity index (χ3v) is 7.11. The van der Waals surface area contributed by atoms with Gasteiger partial charge in [0.1, 0.15) is 6.04 Å². The van der Waals surface area contributed by atoms with E-state index in [4.69, 9.17) is 10.5 Å². The molecule has 0 aliphatic carbocycles. The number of likely N-dealkylation sites (tertiary alicyclic amines) is 1. The predicted molar refractivity (Wildman–Crippen MR) is 135 cm³/mol. The number of benzene rings is 1. The molecule has 0 spiro atoms. The van der Waals surface area contributed by atoms with Gasteiger partial charge in [-0.15, -0.1) is 5.92 Å². The molecule has 2 aliphatic heterocycles. The number of hydrogen-bond acceptors (Lipinski definition) is 4. The van der Waals surface area contributed by atoms with Gasteiger partial charge < -0.3 is 20.4 Å². The van der Waals surface area contributed by atoms with Crippen LogP contribution in [0.15, 0.2) is 36.4 Å². The molecule has 0 amide bonds. The minimum atomic E-state index is -0.0895. The number of ether oxygens (including phenoxy) is 1. The summed E-state index contributed by atoms with van der Waals surface area (Å²) in [5.74, 6) is 7.04. The van der Waals surface area contributed by atoms with Crippen LogP contribution in [-0.2, 0) is 11.3 Å². The lowest BCUT2D eigenvalue weighted by Gasteiger charge is -2.40. The normalized spacial score (nSPS) is 23.7. The summed E-state index contributed by atoms with van der Waals surface area (Å²) in [4.78, 5) is 8.45. The number of nitrogens with two attached hydrogens (primary N) is 1. The molecular weight excluding hydrogens is 408 g/mol. The number of nitrogens with one attached hydrogen (secondary N) is 1. The maximum Gasteiger partial charge on any atom is 0.112 e. The summed E-state index contributed by atoms with van der Waals surface area (Å²) in [6, 6.07) is 12.5. The molecule has 1 aromatic heterocycles. The highest BCUT2D eigenvalue weighted by Gasteiger charge is 2.38. The fourth-order valence-electron chi connectivity index (χ4n) is 5.16. The summed E-state index contributed by atoms with van der Waals surface area (Å²) in [7, 11) is 2.13. The number of piperidine rings is 1. The van der Waals surface area contributed by atoms with Crippen molar-refractivity contribution in [2.75, 3.05) is 33.3 Å². The number of aryl methyl sites for hydroxylation is 1. The van der Waals surface area contributed by atoms with E-state index >= 15 is 0 Å². The van der Waals surface area contributed by atoms with Crippen molar-refractivity contribution < 1.29 is 4.74 Å². The van der Waals surface area contributed by atoms with Crippen LogP contribution >= 0.6 is 0 Å². The van der Waals surface area contributed by atoms with Crippen molar-refractivity contribution in [1.29, 1.82) is 0 Å². The van der Waals surface area contributed by atoms with Crippen molar-refractivity contribution in [2.24, 2.45) is 5.73 Å². The molecule has 5 nitrogen and oxygen atoms in total. The van der Waals surface area contributed by atoms with Gasteiger partial charge in [-0.25, -0.2) is 0 Å². The van der Waals surface area contributed by atoms with Crippen LogP contribution < -0.4 is 5.73 Å².